The van der Waals surface area contributed by atoms with Gasteiger partial charge < -0.3 is 14.8 Å². The van der Waals surface area contributed by atoms with Crippen molar-refractivity contribution in [1.82, 2.24) is 9.97 Å². The molecule has 14 heteroatoms. The summed E-state index contributed by atoms with van der Waals surface area (Å²) in [4.78, 5) is 34.1. The number of carbonyl (C=O) groups excluding carboxylic acids is 2. The second-order valence-corrected chi connectivity index (χ2v) is 14.9. The molecule has 0 saturated heterocycles. The molecule has 1 N–H and O–H groups in total. The van der Waals surface area contributed by atoms with Crippen LogP contribution in [0.25, 0.3) is 11.3 Å². The zero-order chi connectivity index (χ0) is 33.2. The Kier molecular flexibility index (Phi) is 10.3. The van der Waals surface area contributed by atoms with Crippen molar-refractivity contribution in [3.63, 3.8) is 0 Å². The molecule has 1 aliphatic carbocycles. The van der Waals surface area contributed by atoms with Gasteiger partial charge in [0.25, 0.3) is 0 Å². The van der Waals surface area contributed by atoms with E-state index in [2.05, 4.69) is 36.1 Å². The van der Waals surface area contributed by atoms with Gasteiger partial charge in [0.15, 0.2) is 0 Å². The molecule has 3 aromatic rings. The highest BCUT2D eigenvalue weighted by Crippen LogP contribution is 2.44. The summed E-state index contributed by atoms with van der Waals surface area (Å²) in [6.07, 6.45) is -3.10. The van der Waals surface area contributed by atoms with Crippen LogP contribution in [0, 0.1) is 11.3 Å². The minimum atomic E-state index is -4.94. The SMILES string of the molecule is CCOC(=O)c1c(NC(=O)CCCS(=O)(=O)c2nc(-c3ccccc3OC)cc(C(F)(F)F)n2)sc2c1CC[C@@H](C(C)(C)C)C2. The Morgan fingerprint density at radius 1 is 1.13 bits per heavy atom. The van der Waals surface area contributed by atoms with Gasteiger partial charge in [0.05, 0.1) is 30.7 Å². The lowest BCUT2D eigenvalue weighted by Gasteiger charge is -2.33. The number of ether oxygens (including phenoxy) is 2. The molecule has 1 aliphatic rings. The summed E-state index contributed by atoms with van der Waals surface area (Å²) in [7, 11) is -3.10. The van der Waals surface area contributed by atoms with Crippen molar-refractivity contribution in [1.29, 1.82) is 0 Å². The van der Waals surface area contributed by atoms with Crippen LogP contribution in [0.4, 0.5) is 18.2 Å². The lowest BCUT2D eigenvalue weighted by Crippen LogP contribution is -2.26. The Labute approximate surface area is 264 Å². The standard InChI is InChI=1S/C31H36F3N3O6S2/c1-6-43-28(39)26-20-14-13-18(30(2,3)4)16-23(20)44-27(26)37-25(38)12-9-15-45(40,41)29-35-21(17-24(36-29)31(32,33)34)19-10-7-8-11-22(19)42-5/h7-8,10-11,17-18H,6,9,12-16H2,1-5H3,(H,37,38)/t18-/m1/s1. The lowest BCUT2D eigenvalue weighted by atomic mass is 9.72. The number of nitrogens with zero attached hydrogens (tertiary/aromatic N) is 2. The van der Waals surface area contributed by atoms with Crippen LogP contribution >= 0.6 is 11.3 Å². The largest absolute Gasteiger partial charge is 0.496 e. The Balaban J connectivity index is 1.52. The van der Waals surface area contributed by atoms with Crippen LogP contribution in [-0.2, 0) is 38.4 Å². The summed E-state index contributed by atoms with van der Waals surface area (Å²) in [5.41, 5.74) is -0.272. The van der Waals surface area contributed by atoms with Gasteiger partial charge in [-0.15, -0.1) is 11.3 Å². The van der Waals surface area contributed by atoms with E-state index in [1.54, 1.807) is 19.1 Å². The third kappa shape index (κ3) is 8.01. The van der Waals surface area contributed by atoms with E-state index in [9.17, 15) is 31.2 Å². The van der Waals surface area contributed by atoms with Gasteiger partial charge in [-0.25, -0.2) is 23.2 Å². The third-order valence-corrected chi connectivity index (χ3v) is 10.4. The average Bonchev–Trinajstić information content (AvgIpc) is 3.33. The van der Waals surface area contributed by atoms with Gasteiger partial charge in [-0.3, -0.25) is 4.79 Å². The van der Waals surface area contributed by atoms with Crippen molar-refractivity contribution in [2.75, 3.05) is 24.8 Å². The first-order chi connectivity index (χ1) is 21.0. The highest BCUT2D eigenvalue weighted by Gasteiger charge is 2.36. The highest BCUT2D eigenvalue weighted by atomic mass is 32.2. The molecule has 0 saturated carbocycles. The Morgan fingerprint density at radius 3 is 2.49 bits per heavy atom. The highest BCUT2D eigenvalue weighted by molar-refractivity contribution is 7.91. The predicted molar refractivity (Wildman–Crippen MR) is 164 cm³/mol. The minimum absolute atomic E-state index is 0.0674. The van der Waals surface area contributed by atoms with Crippen LogP contribution in [0.2, 0.25) is 0 Å². The number of benzene rings is 1. The molecule has 244 valence electrons. The number of rotatable bonds is 10. The van der Waals surface area contributed by atoms with Crippen molar-refractivity contribution in [2.24, 2.45) is 11.3 Å². The number of hydrogen-bond acceptors (Lipinski definition) is 9. The molecule has 2 heterocycles. The topological polar surface area (TPSA) is 125 Å². The number of anilines is 1. The molecule has 0 aliphatic heterocycles. The van der Waals surface area contributed by atoms with E-state index in [4.69, 9.17) is 9.47 Å². The van der Waals surface area contributed by atoms with Crippen LogP contribution in [-0.4, -0.2) is 49.7 Å². The van der Waals surface area contributed by atoms with E-state index in [1.807, 2.05) is 0 Å². The van der Waals surface area contributed by atoms with E-state index >= 15 is 0 Å². The first kappa shape index (κ1) is 34.4. The normalized spacial score (nSPS) is 15.3. The summed E-state index contributed by atoms with van der Waals surface area (Å²) in [5.74, 6) is -1.15. The van der Waals surface area contributed by atoms with Crippen molar-refractivity contribution in [2.45, 2.75) is 71.1 Å². The predicted octanol–water partition coefficient (Wildman–Crippen LogP) is 6.75. The van der Waals surface area contributed by atoms with E-state index in [-0.39, 0.29) is 41.9 Å². The number of para-hydroxylation sites is 1. The summed E-state index contributed by atoms with van der Waals surface area (Å²) in [6.45, 7) is 8.36. The van der Waals surface area contributed by atoms with Crippen molar-refractivity contribution in [3.8, 4) is 17.0 Å². The maximum atomic E-state index is 13.7. The molecule has 2 aromatic heterocycles. The van der Waals surface area contributed by atoms with E-state index < -0.39 is 44.5 Å². The number of nitrogens with one attached hydrogen (secondary N) is 1. The van der Waals surface area contributed by atoms with Crippen LogP contribution in [0.1, 0.15) is 73.4 Å². The molecule has 9 nitrogen and oxygen atoms in total. The number of hydrogen-bond donors (Lipinski definition) is 1. The minimum Gasteiger partial charge on any atom is -0.496 e. The lowest BCUT2D eigenvalue weighted by molar-refractivity contribution is -0.141. The molecule has 4 rings (SSSR count). The fourth-order valence-electron chi connectivity index (χ4n) is 5.24. The fourth-order valence-corrected chi connectivity index (χ4v) is 7.75. The number of halogens is 3. The zero-order valence-corrected chi connectivity index (χ0v) is 27.3. The molecule has 1 atom stereocenters. The number of carbonyl (C=O) groups is 2. The zero-order valence-electron chi connectivity index (χ0n) is 25.7. The van der Waals surface area contributed by atoms with E-state index in [0.717, 1.165) is 23.3 Å². The number of aromatic nitrogens is 2. The quantitative estimate of drug-likeness (QED) is 0.186. The van der Waals surface area contributed by atoms with Gasteiger partial charge in [-0.05, 0) is 67.7 Å². The summed E-state index contributed by atoms with van der Waals surface area (Å²) in [5, 5.41) is 2.10. The van der Waals surface area contributed by atoms with Gasteiger partial charge in [0.2, 0.25) is 20.9 Å². The number of methoxy groups -OCH3 is 1. The average molecular weight is 668 g/mol. The molecule has 0 radical (unpaired) electrons. The van der Waals surface area contributed by atoms with Crippen molar-refractivity contribution in [3.05, 3.63) is 52.0 Å². The van der Waals surface area contributed by atoms with Crippen LogP contribution in [0.5, 0.6) is 5.75 Å². The molecular formula is C31H36F3N3O6S2. The maximum Gasteiger partial charge on any atom is 0.433 e. The first-order valence-corrected chi connectivity index (χ1v) is 17.0. The maximum absolute atomic E-state index is 13.7. The van der Waals surface area contributed by atoms with Crippen LogP contribution in [0.15, 0.2) is 35.5 Å². The van der Waals surface area contributed by atoms with Gasteiger partial charge >= 0.3 is 12.1 Å². The van der Waals surface area contributed by atoms with Crippen molar-refractivity contribution < 1.29 is 40.7 Å². The van der Waals surface area contributed by atoms with E-state index in [0.29, 0.717) is 29.0 Å². The Morgan fingerprint density at radius 2 is 1.84 bits per heavy atom. The number of esters is 1. The smallest absolute Gasteiger partial charge is 0.433 e. The van der Waals surface area contributed by atoms with Crippen LogP contribution in [0.3, 0.4) is 0 Å². The Bertz CT molecular complexity index is 1680. The molecule has 0 fully saturated rings. The number of amides is 1. The van der Waals surface area contributed by atoms with Gasteiger partial charge in [-0.2, -0.15) is 13.2 Å². The number of thiophene rings is 1. The molecule has 0 unspecified atom stereocenters. The molecular weight excluding hydrogens is 631 g/mol. The van der Waals surface area contributed by atoms with Crippen molar-refractivity contribution >= 4 is 38.1 Å². The van der Waals surface area contributed by atoms with Gasteiger partial charge in [0.1, 0.15) is 16.4 Å². The molecule has 0 spiro atoms. The summed E-state index contributed by atoms with van der Waals surface area (Å²) in [6, 6.07) is 6.80. The summed E-state index contributed by atoms with van der Waals surface area (Å²) < 4.78 is 77.8. The molecule has 1 aromatic carbocycles. The summed E-state index contributed by atoms with van der Waals surface area (Å²) >= 11 is 1.32. The molecule has 45 heavy (non-hydrogen) atoms. The molecule has 0 bridgehead atoms. The second-order valence-electron chi connectivity index (χ2n) is 11.8. The Hall–Kier alpha value is -3.52. The van der Waals surface area contributed by atoms with Gasteiger partial charge in [-0.1, -0.05) is 32.9 Å². The fraction of sp³-hybridized carbons (Fsp3) is 0.484. The van der Waals surface area contributed by atoms with Gasteiger partial charge in [0, 0.05) is 16.9 Å². The van der Waals surface area contributed by atoms with E-state index in [1.165, 1.54) is 30.6 Å². The number of fused-ring (bicyclic) bond motifs is 1. The number of alkyl halides is 3. The second kappa shape index (κ2) is 13.5. The third-order valence-electron chi connectivity index (χ3n) is 7.70. The molecule has 1 amide bonds. The number of sulfone groups is 1. The monoisotopic (exact) mass is 667 g/mol. The first-order valence-electron chi connectivity index (χ1n) is 14.5. The van der Waals surface area contributed by atoms with Crippen LogP contribution < -0.4 is 10.1 Å².